The predicted molar refractivity (Wildman–Crippen MR) is 166 cm³/mol. The average Bonchev–Trinajstić information content (AvgIpc) is 3.29. The zero-order valence-electron chi connectivity index (χ0n) is 22.7. The fraction of sp³-hybridized carbons (Fsp3) is 0.0769. The smallest absolute Gasteiger partial charge is 0.115 e. The minimum atomic E-state index is -0.650. The summed E-state index contributed by atoms with van der Waals surface area (Å²) in [5.74, 6) is 0.509. The average molecular weight is 531 g/mol. The highest BCUT2D eigenvalue weighted by Crippen LogP contribution is 2.58. The Morgan fingerprint density at radius 1 is 0.390 bits per heavy atom. The van der Waals surface area contributed by atoms with Crippen molar-refractivity contribution in [1.29, 1.82) is 0 Å². The molecule has 2 heteroatoms. The Kier molecular flexibility index (Phi) is 6.17. The van der Waals surface area contributed by atoms with Crippen LogP contribution in [0.2, 0.25) is 0 Å². The molecule has 0 unspecified atom stereocenters. The van der Waals surface area contributed by atoms with Crippen LogP contribution in [-0.4, -0.2) is 10.2 Å². The van der Waals surface area contributed by atoms with Crippen molar-refractivity contribution in [2.75, 3.05) is 0 Å². The lowest BCUT2D eigenvalue weighted by atomic mass is 9.64. The van der Waals surface area contributed by atoms with Gasteiger partial charge in [0.1, 0.15) is 11.5 Å². The molecule has 0 radical (unpaired) electrons. The van der Waals surface area contributed by atoms with Gasteiger partial charge in [-0.15, -0.1) is 0 Å². The van der Waals surface area contributed by atoms with Crippen molar-refractivity contribution < 1.29 is 10.2 Å². The van der Waals surface area contributed by atoms with Crippen LogP contribution in [0.5, 0.6) is 11.5 Å². The monoisotopic (exact) mass is 530 g/mol. The van der Waals surface area contributed by atoms with Crippen molar-refractivity contribution in [3.63, 3.8) is 0 Å². The first kappa shape index (κ1) is 24.9. The summed E-state index contributed by atoms with van der Waals surface area (Å²) in [6.45, 7) is 0. The molecule has 0 amide bonds. The molecular formula is C39H30O2. The Morgan fingerprint density at radius 2 is 0.780 bits per heavy atom. The van der Waals surface area contributed by atoms with Crippen molar-refractivity contribution in [3.8, 4) is 22.6 Å². The largest absolute Gasteiger partial charge is 0.508 e. The number of benzene rings is 6. The maximum atomic E-state index is 10.8. The highest BCUT2D eigenvalue weighted by molar-refractivity contribution is 5.87. The number of phenolic OH excluding ortho intramolecular Hbond substituents is 2. The summed E-state index contributed by atoms with van der Waals surface area (Å²) in [4.78, 5) is 0. The van der Waals surface area contributed by atoms with E-state index in [0.717, 1.165) is 22.3 Å². The quantitative estimate of drug-likeness (QED) is 0.226. The first-order valence-electron chi connectivity index (χ1n) is 14.1. The van der Waals surface area contributed by atoms with Gasteiger partial charge in [-0.05, 0) is 92.7 Å². The van der Waals surface area contributed by atoms with Gasteiger partial charge in [0.15, 0.2) is 0 Å². The zero-order chi connectivity index (χ0) is 27.8. The third-order valence-corrected chi connectivity index (χ3v) is 8.41. The van der Waals surface area contributed by atoms with Gasteiger partial charge in [0, 0.05) is 0 Å². The summed E-state index contributed by atoms with van der Waals surface area (Å²) in [5, 5.41) is 21.5. The van der Waals surface area contributed by atoms with Crippen LogP contribution >= 0.6 is 0 Å². The second-order valence-electron chi connectivity index (χ2n) is 10.8. The lowest BCUT2D eigenvalue weighted by Crippen LogP contribution is -2.31. The van der Waals surface area contributed by atoms with E-state index in [1.54, 1.807) is 0 Å². The second-order valence-corrected chi connectivity index (χ2v) is 10.8. The molecule has 0 saturated heterocycles. The first-order chi connectivity index (χ1) is 20.1. The first-order valence-corrected chi connectivity index (χ1v) is 14.1. The molecule has 0 aliphatic heterocycles. The van der Waals surface area contributed by atoms with Crippen molar-refractivity contribution >= 4 is 0 Å². The molecule has 1 aliphatic rings. The van der Waals surface area contributed by atoms with Crippen LogP contribution < -0.4 is 0 Å². The number of hydrogen-bond acceptors (Lipinski definition) is 2. The summed E-state index contributed by atoms with van der Waals surface area (Å²) in [5.41, 5.74) is 11.0. The topological polar surface area (TPSA) is 40.5 Å². The van der Waals surface area contributed by atoms with Gasteiger partial charge in [-0.1, -0.05) is 121 Å². The Bertz CT molecular complexity index is 1720. The molecule has 0 aromatic heterocycles. The van der Waals surface area contributed by atoms with Crippen LogP contribution in [0.15, 0.2) is 146 Å². The van der Waals surface area contributed by atoms with E-state index in [1.165, 1.54) is 33.4 Å². The number of aromatic hydroxyl groups is 2. The van der Waals surface area contributed by atoms with Crippen LogP contribution in [0, 0.1) is 0 Å². The van der Waals surface area contributed by atoms with Gasteiger partial charge >= 0.3 is 0 Å². The van der Waals surface area contributed by atoms with Gasteiger partial charge in [-0.3, -0.25) is 0 Å². The van der Waals surface area contributed by atoms with E-state index in [2.05, 4.69) is 109 Å². The highest BCUT2D eigenvalue weighted by Gasteiger charge is 2.48. The Labute approximate surface area is 240 Å². The SMILES string of the molecule is Oc1ccc(C2(c3ccc(O)cc3Cc3ccccc3)c3ccccc3-c3ccccc32)c(Cc2ccccc2)c1. The van der Waals surface area contributed by atoms with E-state index < -0.39 is 5.41 Å². The zero-order valence-corrected chi connectivity index (χ0v) is 22.7. The van der Waals surface area contributed by atoms with Gasteiger partial charge in [0.25, 0.3) is 0 Å². The van der Waals surface area contributed by atoms with E-state index in [-0.39, 0.29) is 11.5 Å². The molecule has 0 bridgehead atoms. The van der Waals surface area contributed by atoms with E-state index in [9.17, 15) is 10.2 Å². The molecule has 2 N–H and O–H groups in total. The molecule has 0 fully saturated rings. The number of fused-ring (bicyclic) bond motifs is 3. The van der Waals surface area contributed by atoms with Gasteiger partial charge in [0.05, 0.1) is 5.41 Å². The summed E-state index contributed by atoms with van der Waals surface area (Å²) >= 11 is 0. The molecule has 6 aromatic carbocycles. The summed E-state index contributed by atoms with van der Waals surface area (Å²) in [6, 6.07) is 49.9. The molecular weight excluding hydrogens is 500 g/mol. The van der Waals surface area contributed by atoms with Crippen LogP contribution in [0.4, 0.5) is 0 Å². The molecule has 198 valence electrons. The third-order valence-electron chi connectivity index (χ3n) is 8.41. The van der Waals surface area contributed by atoms with Crippen LogP contribution in [-0.2, 0) is 18.3 Å². The molecule has 41 heavy (non-hydrogen) atoms. The van der Waals surface area contributed by atoms with Gasteiger partial charge in [0.2, 0.25) is 0 Å². The molecule has 0 spiro atoms. The third kappa shape index (κ3) is 4.20. The molecule has 7 rings (SSSR count). The van der Waals surface area contributed by atoms with Crippen molar-refractivity contribution in [2.24, 2.45) is 0 Å². The Balaban J connectivity index is 1.58. The lowest BCUT2D eigenvalue weighted by molar-refractivity contribution is 0.474. The van der Waals surface area contributed by atoms with Crippen LogP contribution in [0.3, 0.4) is 0 Å². The standard InChI is InChI=1S/C39H30O2/c40-31-19-21-35(29(25-31)23-27-11-3-1-4-12-27)39(37-17-9-7-15-33(37)34-16-8-10-18-38(34)39)36-22-20-32(41)26-30(36)24-28-13-5-2-6-14-28/h1-22,25-26,40-41H,23-24H2. The number of phenols is 2. The fourth-order valence-electron chi connectivity index (χ4n) is 6.78. The Hall–Kier alpha value is -5.08. The molecule has 2 nitrogen and oxygen atoms in total. The number of rotatable bonds is 6. The van der Waals surface area contributed by atoms with Gasteiger partial charge in [-0.25, -0.2) is 0 Å². The van der Waals surface area contributed by atoms with Crippen molar-refractivity contribution in [3.05, 3.63) is 190 Å². The van der Waals surface area contributed by atoms with Crippen LogP contribution in [0.1, 0.15) is 44.5 Å². The fourth-order valence-corrected chi connectivity index (χ4v) is 6.78. The maximum Gasteiger partial charge on any atom is 0.115 e. The van der Waals surface area contributed by atoms with Crippen molar-refractivity contribution in [2.45, 2.75) is 18.3 Å². The minimum Gasteiger partial charge on any atom is -0.508 e. The van der Waals surface area contributed by atoms with E-state index in [4.69, 9.17) is 0 Å². The lowest BCUT2D eigenvalue weighted by Gasteiger charge is -2.37. The molecule has 6 aromatic rings. The van der Waals surface area contributed by atoms with Crippen LogP contribution in [0.25, 0.3) is 11.1 Å². The number of hydrogen-bond donors (Lipinski definition) is 2. The molecule has 0 saturated carbocycles. The molecule has 0 heterocycles. The summed E-state index contributed by atoms with van der Waals surface area (Å²) in [7, 11) is 0. The Morgan fingerprint density at radius 3 is 1.22 bits per heavy atom. The minimum absolute atomic E-state index is 0.254. The van der Waals surface area contributed by atoms with Crippen molar-refractivity contribution in [1.82, 2.24) is 0 Å². The van der Waals surface area contributed by atoms with Gasteiger partial charge in [-0.2, -0.15) is 0 Å². The summed E-state index contributed by atoms with van der Waals surface area (Å²) in [6.07, 6.45) is 1.37. The molecule has 1 aliphatic carbocycles. The van der Waals surface area contributed by atoms with Gasteiger partial charge < -0.3 is 10.2 Å². The normalized spacial score (nSPS) is 13.0. The summed E-state index contributed by atoms with van der Waals surface area (Å²) < 4.78 is 0. The maximum absolute atomic E-state index is 10.8. The second kappa shape index (κ2) is 10.1. The highest BCUT2D eigenvalue weighted by atomic mass is 16.3. The van der Waals surface area contributed by atoms with E-state index in [1.807, 2.05) is 36.4 Å². The predicted octanol–water partition coefficient (Wildman–Crippen LogP) is 8.64. The molecule has 0 atom stereocenters. The van der Waals surface area contributed by atoms with E-state index >= 15 is 0 Å². The van der Waals surface area contributed by atoms with E-state index in [0.29, 0.717) is 12.8 Å².